The van der Waals surface area contributed by atoms with Crippen LogP contribution in [-0.4, -0.2) is 30.1 Å². The first kappa shape index (κ1) is 11.7. The van der Waals surface area contributed by atoms with Crippen LogP contribution >= 0.6 is 0 Å². The van der Waals surface area contributed by atoms with Crippen LogP contribution in [0.5, 0.6) is 0 Å². The van der Waals surface area contributed by atoms with Gasteiger partial charge in [-0.2, -0.15) is 0 Å². The maximum Gasteiger partial charge on any atom is 0.0221 e. The van der Waals surface area contributed by atoms with E-state index in [1.165, 1.54) is 32.2 Å². The van der Waals surface area contributed by atoms with Crippen LogP contribution in [0.1, 0.15) is 39.0 Å². The molecule has 2 atom stereocenters. The average molecular weight is 196 g/mol. The zero-order valence-electron chi connectivity index (χ0n) is 9.41. The van der Waals surface area contributed by atoms with Gasteiger partial charge in [0.25, 0.3) is 0 Å². The number of nitrogens with zero attached hydrogens (tertiary/aromatic N) is 1. The molecule has 2 unspecified atom stereocenters. The third-order valence-electron chi connectivity index (χ3n) is 3.29. The van der Waals surface area contributed by atoms with Crippen molar-refractivity contribution in [3.63, 3.8) is 0 Å². The number of likely N-dealkylation sites (tertiary alicyclic amines) is 1. The van der Waals surface area contributed by atoms with Gasteiger partial charge in [-0.05, 0) is 39.2 Å². The minimum atomic E-state index is 0.628. The highest BCUT2D eigenvalue weighted by Crippen LogP contribution is 2.22. The molecule has 0 saturated carbocycles. The molecule has 2 nitrogen and oxygen atoms in total. The molecule has 1 heterocycles. The van der Waals surface area contributed by atoms with Crippen molar-refractivity contribution in [3.8, 4) is 0 Å². The van der Waals surface area contributed by atoms with E-state index < -0.39 is 0 Å². The molecule has 0 bridgehead atoms. The zero-order valence-corrected chi connectivity index (χ0v) is 9.41. The van der Waals surface area contributed by atoms with E-state index in [2.05, 4.69) is 18.4 Å². The smallest absolute Gasteiger partial charge is 0.0221 e. The third-order valence-corrected chi connectivity index (χ3v) is 3.29. The summed E-state index contributed by atoms with van der Waals surface area (Å²) in [4.78, 5) is 2.59. The molecule has 0 radical (unpaired) electrons. The minimum absolute atomic E-state index is 0.628. The molecule has 0 aliphatic carbocycles. The van der Waals surface area contributed by atoms with Crippen LogP contribution in [0.3, 0.4) is 0 Å². The number of rotatable bonds is 5. The van der Waals surface area contributed by atoms with Gasteiger partial charge in [0.05, 0.1) is 0 Å². The first-order valence-electron chi connectivity index (χ1n) is 5.86. The van der Waals surface area contributed by atoms with E-state index in [4.69, 9.17) is 5.73 Å². The Morgan fingerprint density at radius 1 is 1.50 bits per heavy atom. The number of allylic oxidation sites excluding steroid dienone is 1. The van der Waals surface area contributed by atoms with Gasteiger partial charge >= 0.3 is 0 Å². The van der Waals surface area contributed by atoms with E-state index in [1.54, 1.807) is 0 Å². The quantitative estimate of drug-likeness (QED) is 0.539. The van der Waals surface area contributed by atoms with E-state index in [0.717, 1.165) is 19.0 Å². The first-order valence-corrected chi connectivity index (χ1v) is 5.86. The van der Waals surface area contributed by atoms with Crippen molar-refractivity contribution in [1.82, 2.24) is 4.90 Å². The lowest BCUT2D eigenvalue weighted by Crippen LogP contribution is -2.49. The summed E-state index contributed by atoms with van der Waals surface area (Å²) in [6.45, 7) is 8.09. The molecular weight excluding hydrogens is 172 g/mol. The Kier molecular flexibility index (Phi) is 5.20. The van der Waals surface area contributed by atoms with E-state index in [9.17, 15) is 0 Å². The van der Waals surface area contributed by atoms with Gasteiger partial charge in [-0.3, -0.25) is 4.90 Å². The van der Waals surface area contributed by atoms with E-state index >= 15 is 0 Å². The van der Waals surface area contributed by atoms with Crippen LogP contribution in [-0.2, 0) is 0 Å². The van der Waals surface area contributed by atoms with Crippen LogP contribution in [0.4, 0.5) is 0 Å². The molecule has 1 fully saturated rings. The van der Waals surface area contributed by atoms with Crippen LogP contribution in [0, 0.1) is 0 Å². The van der Waals surface area contributed by atoms with Crippen molar-refractivity contribution in [1.29, 1.82) is 0 Å². The van der Waals surface area contributed by atoms with Crippen LogP contribution < -0.4 is 5.73 Å². The molecule has 1 aliphatic heterocycles. The zero-order chi connectivity index (χ0) is 10.4. The summed E-state index contributed by atoms with van der Waals surface area (Å²) in [5.74, 6) is 0. The van der Waals surface area contributed by atoms with Gasteiger partial charge in [-0.25, -0.2) is 0 Å². The lowest BCUT2D eigenvalue weighted by Gasteiger charge is -2.40. The lowest BCUT2D eigenvalue weighted by molar-refractivity contribution is 0.0963. The Balaban J connectivity index is 2.38. The number of hydrogen-bond donors (Lipinski definition) is 1. The highest BCUT2D eigenvalue weighted by Gasteiger charge is 2.25. The van der Waals surface area contributed by atoms with Gasteiger partial charge in [0.1, 0.15) is 0 Å². The van der Waals surface area contributed by atoms with Gasteiger partial charge in [0.2, 0.25) is 0 Å². The summed E-state index contributed by atoms with van der Waals surface area (Å²) < 4.78 is 0. The maximum atomic E-state index is 5.80. The Morgan fingerprint density at radius 2 is 2.29 bits per heavy atom. The van der Waals surface area contributed by atoms with Crippen LogP contribution in [0.25, 0.3) is 0 Å². The fourth-order valence-corrected chi connectivity index (χ4v) is 2.41. The third kappa shape index (κ3) is 3.10. The Hall–Kier alpha value is -0.340. The molecule has 0 aromatic carbocycles. The second kappa shape index (κ2) is 6.20. The van der Waals surface area contributed by atoms with E-state index in [0.29, 0.717) is 6.04 Å². The molecule has 14 heavy (non-hydrogen) atoms. The summed E-state index contributed by atoms with van der Waals surface area (Å²) in [6.07, 6.45) is 8.33. The van der Waals surface area contributed by atoms with E-state index in [1.807, 2.05) is 6.08 Å². The Bertz CT molecular complexity index is 168. The predicted molar refractivity (Wildman–Crippen MR) is 62.3 cm³/mol. The van der Waals surface area contributed by atoms with Crippen molar-refractivity contribution in [2.45, 2.75) is 51.1 Å². The number of piperidine rings is 1. The summed E-state index contributed by atoms with van der Waals surface area (Å²) in [6, 6.07) is 1.35. The first-order chi connectivity index (χ1) is 6.79. The van der Waals surface area contributed by atoms with Crippen LogP contribution in [0.15, 0.2) is 12.7 Å². The Morgan fingerprint density at radius 3 is 2.93 bits per heavy atom. The molecule has 0 spiro atoms. The fourth-order valence-electron chi connectivity index (χ4n) is 2.41. The summed E-state index contributed by atoms with van der Waals surface area (Å²) in [5.41, 5.74) is 5.80. The molecule has 2 N–H and O–H groups in total. The highest BCUT2D eigenvalue weighted by atomic mass is 15.2. The molecule has 1 saturated heterocycles. The SMILES string of the molecule is C=CCCCN1C(C)CCCC1CN. The van der Waals surface area contributed by atoms with Gasteiger partial charge in [-0.15, -0.1) is 6.58 Å². The molecule has 0 aromatic heterocycles. The normalized spacial score (nSPS) is 29.0. The molecule has 0 amide bonds. The summed E-state index contributed by atoms with van der Waals surface area (Å²) >= 11 is 0. The van der Waals surface area contributed by atoms with Gasteiger partial charge in [0.15, 0.2) is 0 Å². The summed E-state index contributed by atoms with van der Waals surface area (Å²) in [7, 11) is 0. The van der Waals surface area contributed by atoms with Gasteiger partial charge in [0, 0.05) is 18.6 Å². The fraction of sp³-hybridized carbons (Fsp3) is 0.833. The number of nitrogens with two attached hydrogens (primary N) is 1. The predicted octanol–water partition coefficient (Wildman–Crippen LogP) is 2.15. The Labute approximate surface area is 88.2 Å². The lowest BCUT2D eigenvalue weighted by atomic mass is 9.96. The van der Waals surface area contributed by atoms with Crippen LogP contribution in [0.2, 0.25) is 0 Å². The van der Waals surface area contributed by atoms with Gasteiger partial charge < -0.3 is 5.73 Å². The molecule has 0 aromatic rings. The molecule has 2 heteroatoms. The monoisotopic (exact) mass is 196 g/mol. The van der Waals surface area contributed by atoms with Crippen molar-refractivity contribution in [2.75, 3.05) is 13.1 Å². The summed E-state index contributed by atoms with van der Waals surface area (Å²) in [5, 5.41) is 0. The second-order valence-electron chi connectivity index (χ2n) is 4.34. The number of unbranched alkanes of at least 4 members (excludes halogenated alkanes) is 1. The molecule has 1 rings (SSSR count). The highest BCUT2D eigenvalue weighted by molar-refractivity contribution is 4.83. The standard InChI is InChI=1S/C12H24N2/c1-3-4-5-9-14-11(2)7-6-8-12(14)10-13/h3,11-12H,1,4-10,13H2,2H3. The second-order valence-corrected chi connectivity index (χ2v) is 4.34. The van der Waals surface area contributed by atoms with Crippen molar-refractivity contribution >= 4 is 0 Å². The van der Waals surface area contributed by atoms with Crippen molar-refractivity contribution in [2.24, 2.45) is 5.73 Å². The largest absolute Gasteiger partial charge is 0.329 e. The molecular formula is C12H24N2. The van der Waals surface area contributed by atoms with Crippen molar-refractivity contribution in [3.05, 3.63) is 12.7 Å². The molecule has 1 aliphatic rings. The van der Waals surface area contributed by atoms with Crippen molar-refractivity contribution < 1.29 is 0 Å². The minimum Gasteiger partial charge on any atom is -0.329 e. The molecule has 82 valence electrons. The average Bonchev–Trinajstić information content (AvgIpc) is 2.20. The maximum absolute atomic E-state index is 5.80. The van der Waals surface area contributed by atoms with Gasteiger partial charge in [-0.1, -0.05) is 12.5 Å². The number of hydrogen-bond acceptors (Lipinski definition) is 2. The van der Waals surface area contributed by atoms with E-state index in [-0.39, 0.29) is 0 Å². The topological polar surface area (TPSA) is 29.3 Å².